The molecule has 1 aliphatic heterocycles. The van der Waals surface area contributed by atoms with Crippen LogP contribution in [0, 0.1) is 5.82 Å². The van der Waals surface area contributed by atoms with Crippen LogP contribution in [0.3, 0.4) is 0 Å². The topological polar surface area (TPSA) is 55.8 Å². The number of benzene rings is 1. The molecule has 0 saturated carbocycles. The van der Waals surface area contributed by atoms with E-state index in [9.17, 15) is 14.3 Å². The van der Waals surface area contributed by atoms with Crippen molar-refractivity contribution in [3.8, 4) is 17.2 Å². The molecule has 1 N–H and O–H groups in total. The highest BCUT2D eigenvalue weighted by atomic mass is 19.1. The van der Waals surface area contributed by atoms with E-state index in [4.69, 9.17) is 9.47 Å². The molecule has 5 heteroatoms. The van der Waals surface area contributed by atoms with Crippen LogP contribution in [0.5, 0.6) is 17.2 Å². The van der Waals surface area contributed by atoms with E-state index < -0.39 is 11.6 Å². The fourth-order valence-electron chi connectivity index (χ4n) is 2.01. The molecule has 0 bridgehead atoms. The summed E-state index contributed by atoms with van der Waals surface area (Å²) >= 11 is 0. The van der Waals surface area contributed by atoms with E-state index in [0.717, 1.165) is 12.4 Å². The Labute approximate surface area is 104 Å². The van der Waals surface area contributed by atoms with Crippen LogP contribution in [0.1, 0.15) is 31.2 Å². The Hall–Kier alpha value is -1.78. The van der Waals surface area contributed by atoms with Crippen LogP contribution in [0.2, 0.25) is 0 Å². The third-order valence-corrected chi connectivity index (χ3v) is 2.94. The molecule has 1 heterocycles. The van der Waals surface area contributed by atoms with Crippen LogP contribution in [0.15, 0.2) is 6.07 Å². The van der Waals surface area contributed by atoms with Crippen molar-refractivity contribution in [2.24, 2.45) is 0 Å². The highest BCUT2D eigenvalue weighted by Gasteiger charge is 2.25. The lowest BCUT2D eigenvalue weighted by Gasteiger charge is -2.18. The van der Waals surface area contributed by atoms with Crippen LogP contribution in [-0.4, -0.2) is 24.6 Å². The number of aromatic hydroxyl groups is 1. The number of fused-ring (bicyclic) bond motifs is 1. The number of ether oxygens (including phenoxy) is 2. The van der Waals surface area contributed by atoms with Crippen LogP contribution in [0.25, 0.3) is 0 Å². The Morgan fingerprint density at radius 3 is 2.94 bits per heavy atom. The maximum atomic E-state index is 13.6. The Morgan fingerprint density at radius 1 is 1.50 bits per heavy atom. The summed E-state index contributed by atoms with van der Waals surface area (Å²) in [6.45, 7) is 2.62. The Kier molecular flexibility index (Phi) is 3.69. The molecule has 0 radical (unpaired) electrons. The van der Waals surface area contributed by atoms with E-state index in [-0.39, 0.29) is 18.1 Å². The van der Waals surface area contributed by atoms with Gasteiger partial charge in [-0.1, -0.05) is 6.92 Å². The molecular formula is C13H15FO4. The van der Waals surface area contributed by atoms with Gasteiger partial charge >= 0.3 is 0 Å². The summed E-state index contributed by atoms with van der Waals surface area (Å²) < 4.78 is 24.5. The number of phenolic OH excluding ortho intramolecular Hbond substituents is 1. The Morgan fingerprint density at radius 2 is 2.22 bits per heavy atom. The summed E-state index contributed by atoms with van der Waals surface area (Å²) in [6, 6.07) is 1.12. The van der Waals surface area contributed by atoms with Gasteiger partial charge in [-0.2, -0.15) is 0 Å². The summed E-state index contributed by atoms with van der Waals surface area (Å²) in [4.78, 5) is 10.6. The lowest BCUT2D eigenvalue weighted by atomic mass is 9.95. The molecule has 2 rings (SSSR count). The summed E-state index contributed by atoms with van der Waals surface area (Å²) in [5.41, 5.74) is 0.305. The van der Waals surface area contributed by atoms with Gasteiger partial charge in [0.25, 0.3) is 0 Å². The standard InChI is InChI=1S/C13H15FO4/c1-8(3-4-15)11-12(16)9(14)7-10-13(11)18-6-2-5-17-10/h4,7-8,16H,2-3,5-6H2,1H3. The van der Waals surface area contributed by atoms with Gasteiger partial charge in [-0.05, 0) is 5.92 Å². The molecule has 1 aromatic rings. The Bertz CT molecular complexity index is 459. The fraction of sp³-hybridized carbons (Fsp3) is 0.462. The van der Waals surface area contributed by atoms with Gasteiger partial charge in [0.2, 0.25) is 0 Å². The summed E-state index contributed by atoms with van der Waals surface area (Å²) in [5.74, 6) is -0.912. The zero-order chi connectivity index (χ0) is 13.1. The predicted octanol–water partition coefficient (Wildman–Crippen LogP) is 2.39. The van der Waals surface area contributed by atoms with Crippen molar-refractivity contribution in [1.82, 2.24) is 0 Å². The molecule has 0 aliphatic carbocycles. The largest absolute Gasteiger partial charge is 0.505 e. The lowest BCUT2D eigenvalue weighted by Crippen LogP contribution is -2.03. The first-order valence-electron chi connectivity index (χ1n) is 5.89. The quantitative estimate of drug-likeness (QED) is 0.841. The smallest absolute Gasteiger partial charge is 0.169 e. The van der Waals surface area contributed by atoms with E-state index in [1.54, 1.807) is 6.92 Å². The highest BCUT2D eigenvalue weighted by molar-refractivity contribution is 5.59. The van der Waals surface area contributed by atoms with E-state index in [2.05, 4.69) is 0 Å². The molecule has 1 unspecified atom stereocenters. The monoisotopic (exact) mass is 254 g/mol. The van der Waals surface area contributed by atoms with Gasteiger partial charge in [-0.3, -0.25) is 0 Å². The number of hydrogen-bond acceptors (Lipinski definition) is 4. The molecule has 18 heavy (non-hydrogen) atoms. The molecule has 0 saturated heterocycles. The van der Waals surface area contributed by atoms with Gasteiger partial charge in [0.15, 0.2) is 23.1 Å². The number of hydrogen-bond donors (Lipinski definition) is 1. The van der Waals surface area contributed by atoms with Gasteiger partial charge in [0, 0.05) is 24.5 Å². The van der Waals surface area contributed by atoms with E-state index >= 15 is 0 Å². The maximum absolute atomic E-state index is 13.6. The van der Waals surface area contributed by atoms with Gasteiger partial charge in [0.05, 0.1) is 13.2 Å². The van der Waals surface area contributed by atoms with Gasteiger partial charge < -0.3 is 19.4 Å². The predicted molar refractivity (Wildman–Crippen MR) is 62.8 cm³/mol. The summed E-state index contributed by atoms with van der Waals surface area (Å²) in [6.07, 6.45) is 1.62. The molecule has 1 aliphatic rings. The fourth-order valence-corrected chi connectivity index (χ4v) is 2.01. The summed E-state index contributed by atoms with van der Waals surface area (Å²) in [5, 5.41) is 9.82. The second-order valence-corrected chi connectivity index (χ2v) is 4.30. The van der Waals surface area contributed by atoms with Crippen molar-refractivity contribution in [3.63, 3.8) is 0 Å². The first-order valence-corrected chi connectivity index (χ1v) is 5.89. The Balaban J connectivity index is 2.53. The van der Waals surface area contributed by atoms with Crippen molar-refractivity contribution in [3.05, 3.63) is 17.4 Å². The SMILES string of the molecule is CC(CC=O)c1c(O)c(F)cc2c1OCCCO2. The number of rotatable bonds is 3. The van der Waals surface area contributed by atoms with E-state index in [1.165, 1.54) is 0 Å². The normalized spacial score (nSPS) is 15.9. The van der Waals surface area contributed by atoms with E-state index in [0.29, 0.717) is 30.9 Å². The average Bonchev–Trinajstić information content (AvgIpc) is 2.56. The molecule has 0 amide bonds. The molecular weight excluding hydrogens is 239 g/mol. The van der Waals surface area contributed by atoms with Crippen LogP contribution in [-0.2, 0) is 4.79 Å². The molecule has 98 valence electrons. The van der Waals surface area contributed by atoms with Crippen molar-refractivity contribution in [2.45, 2.75) is 25.7 Å². The summed E-state index contributed by atoms with van der Waals surface area (Å²) in [7, 11) is 0. The number of halogens is 1. The molecule has 1 aromatic carbocycles. The van der Waals surface area contributed by atoms with Crippen molar-refractivity contribution >= 4 is 6.29 Å². The third kappa shape index (κ3) is 2.25. The van der Waals surface area contributed by atoms with Crippen LogP contribution in [0.4, 0.5) is 4.39 Å². The minimum atomic E-state index is -0.757. The molecule has 1 atom stereocenters. The zero-order valence-corrected chi connectivity index (χ0v) is 10.1. The lowest BCUT2D eigenvalue weighted by molar-refractivity contribution is -0.108. The third-order valence-electron chi connectivity index (χ3n) is 2.94. The van der Waals surface area contributed by atoms with Gasteiger partial charge in [-0.25, -0.2) is 4.39 Å². The second kappa shape index (κ2) is 5.25. The average molecular weight is 254 g/mol. The maximum Gasteiger partial charge on any atom is 0.169 e. The highest BCUT2D eigenvalue weighted by Crippen LogP contribution is 2.44. The number of aldehydes is 1. The molecule has 0 spiro atoms. The molecule has 0 fully saturated rings. The van der Waals surface area contributed by atoms with E-state index in [1.807, 2.05) is 0 Å². The van der Waals surface area contributed by atoms with Crippen LogP contribution >= 0.6 is 0 Å². The van der Waals surface area contributed by atoms with Crippen LogP contribution < -0.4 is 9.47 Å². The van der Waals surface area contributed by atoms with Crippen molar-refractivity contribution in [2.75, 3.05) is 13.2 Å². The number of carbonyl (C=O) groups excluding carboxylic acids is 1. The zero-order valence-electron chi connectivity index (χ0n) is 10.1. The second-order valence-electron chi connectivity index (χ2n) is 4.30. The molecule has 4 nitrogen and oxygen atoms in total. The van der Waals surface area contributed by atoms with Gasteiger partial charge in [-0.15, -0.1) is 0 Å². The number of phenols is 1. The molecule has 0 aromatic heterocycles. The first-order chi connectivity index (χ1) is 8.65. The van der Waals surface area contributed by atoms with Gasteiger partial charge in [0.1, 0.15) is 6.29 Å². The van der Waals surface area contributed by atoms with Crippen molar-refractivity contribution < 1.29 is 23.8 Å². The number of carbonyl (C=O) groups is 1. The first kappa shape index (κ1) is 12.7. The van der Waals surface area contributed by atoms with Crippen molar-refractivity contribution in [1.29, 1.82) is 0 Å². The minimum absolute atomic E-state index is 0.187. The minimum Gasteiger partial charge on any atom is -0.505 e.